The number of hydrogen-bond acceptors (Lipinski definition) is 5. The molecule has 1 fully saturated rings. The number of aromatic nitrogens is 1. The Bertz CT molecular complexity index is 391. The third-order valence-electron chi connectivity index (χ3n) is 2.93. The second kappa shape index (κ2) is 5.58. The molecule has 0 aromatic carbocycles. The molecule has 1 aromatic heterocycles. The average molecular weight is 236 g/mol. The van der Waals surface area contributed by atoms with Gasteiger partial charge in [-0.2, -0.15) is 0 Å². The number of nitrogens with one attached hydrogen (secondary N) is 2. The van der Waals surface area contributed by atoms with Crippen molar-refractivity contribution in [3.8, 4) is 0 Å². The first-order valence-electron chi connectivity index (χ1n) is 5.84. The highest BCUT2D eigenvalue weighted by Crippen LogP contribution is 2.20. The Morgan fingerprint density at radius 3 is 3.24 bits per heavy atom. The van der Waals surface area contributed by atoms with Crippen molar-refractivity contribution in [2.45, 2.75) is 25.3 Å². The molecule has 1 unspecified atom stereocenters. The van der Waals surface area contributed by atoms with E-state index in [1.165, 1.54) is 19.0 Å². The molecule has 1 aliphatic rings. The quantitative estimate of drug-likeness (QED) is 0.598. The van der Waals surface area contributed by atoms with Gasteiger partial charge in [0.1, 0.15) is 11.9 Å². The van der Waals surface area contributed by atoms with Crippen molar-refractivity contribution in [1.82, 2.24) is 10.3 Å². The van der Waals surface area contributed by atoms with Crippen LogP contribution >= 0.6 is 0 Å². The van der Waals surface area contributed by atoms with Crippen LogP contribution in [0.5, 0.6) is 0 Å². The Kier molecular flexibility index (Phi) is 3.87. The summed E-state index contributed by atoms with van der Waals surface area (Å²) < 4.78 is 0. The molecule has 6 heteroatoms. The van der Waals surface area contributed by atoms with Gasteiger partial charge >= 0.3 is 5.82 Å². The predicted octanol–water partition coefficient (Wildman–Crippen LogP) is 1.54. The summed E-state index contributed by atoms with van der Waals surface area (Å²) in [5.74, 6) is -0.105. The smallest absolute Gasteiger partial charge is 0.378 e. The summed E-state index contributed by atoms with van der Waals surface area (Å²) in [5, 5.41) is 17.2. The minimum Gasteiger partial charge on any atom is -0.378 e. The van der Waals surface area contributed by atoms with Gasteiger partial charge in [-0.15, -0.1) is 0 Å². The van der Waals surface area contributed by atoms with Gasteiger partial charge in [-0.3, -0.25) is 0 Å². The number of hydrogen-bond donors (Lipinski definition) is 2. The first-order valence-corrected chi connectivity index (χ1v) is 5.84. The highest BCUT2D eigenvalue weighted by atomic mass is 16.6. The Balaban J connectivity index is 1.87. The molecule has 2 heterocycles. The molecule has 2 rings (SSSR count). The van der Waals surface area contributed by atoms with Gasteiger partial charge in [-0.1, -0.05) is 0 Å². The van der Waals surface area contributed by atoms with E-state index in [1.807, 2.05) is 0 Å². The lowest BCUT2D eigenvalue weighted by molar-refractivity contribution is -0.388. The summed E-state index contributed by atoms with van der Waals surface area (Å²) in [6.45, 7) is 1.81. The maximum atomic E-state index is 10.7. The summed E-state index contributed by atoms with van der Waals surface area (Å²) in [6.07, 6.45) is 4.82. The van der Waals surface area contributed by atoms with Gasteiger partial charge < -0.3 is 20.7 Å². The molecule has 0 amide bonds. The van der Waals surface area contributed by atoms with Crippen LogP contribution in [0.25, 0.3) is 0 Å². The average Bonchev–Trinajstić information content (AvgIpc) is 2.82. The van der Waals surface area contributed by atoms with Crippen molar-refractivity contribution < 1.29 is 4.92 Å². The van der Waals surface area contributed by atoms with Crippen LogP contribution in [0.1, 0.15) is 19.3 Å². The summed E-state index contributed by atoms with van der Waals surface area (Å²) in [4.78, 5) is 14.0. The fourth-order valence-electron chi connectivity index (χ4n) is 2.06. The summed E-state index contributed by atoms with van der Waals surface area (Å²) in [6, 6.07) is 3.93. The zero-order valence-electron chi connectivity index (χ0n) is 9.56. The van der Waals surface area contributed by atoms with Gasteiger partial charge in [0.05, 0.1) is 0 Å². The standard InChI is InChI=1S/C11H16N4O2/c16-15(17)11-10(4-2-7-14-11)13-8-5-9-3-1-6-12-9/h2,4,7,9,12-13H,1,3,5-6,8H2. The van der Waals surface area contributed by atoms with E-state index in [0.29, 0.717) is 11.7 Å². The Labute approximate surface area is 99.6 Å². The monoisotopic (exact) mass is 236 g/mol. The van der Waals surface area contributed by atoms with Gasteiger partial charge in [0.25, 0.3) is 0 Å². The van der Waals surface area contributed by atoms with E-state index in [0.717, 1.165) is 19.5 Å². The molecular weight excluding hydrogens is 220 g/mol. The van der Waals surface area contributed by atoms with Crippen LogP contribution in [0.3, 0.4) is 0 Å². The van der Waals surface area contributed by atoms with Crippen LogP contribution in [-0.2, 0) is 0 Å². The normalized spacial score (nSPS) is 19.2. The van der Waals surface area contributed by atoms with E-state index in [1.54, 1.807) is 12.1 Å². The topological polar surface area (TPSA) is 80.1 Å². The van der Waals surface area contributed by atoms with Crippen molar-refractivity contribution in [1.29, 1.82) is 0 Å². The fraction of sp³-hybridized carbons (Fsp3) is 0.545. The van der Waals surface area contributed by atoms with E-state index in [9.17, 15) is 10.1 Å². The van der Waals surface area contributed by atoms with Crippen LogP contribution in [0.4, 0.5) is 11.5 Å². The first kappa shape index (κ1) is 11.8. The van der Waals surface area contributed by atoms with Gasteiger partial charge in [0, 0.05) is 12.6 Å². The number of nitro groups is 1. The van der Waals surface area contributed by atoms with Crippen molar-refractivity contribution in [2.24, 2.45) is 0 Å². The molecule has 1 aromatic rings. The number of pyridine rings is 1. The van der Waals surface area contributed by atoms with Crippen LogP contribution < -0.4 is 10.6 Å². The van der Waals surface area contributed by atoms with Crippen molar-refractivity contribution in [3.63, 3.8) is 0 Å². The lowest BCUT2D eigenvalue weighted by Gasteiger charge is -2.11. The Morgan fingerprint density at radius 2 is 2.53 bits per heavy atom. The van der Waals surface area contributed by atoms with E-state index in [4.69, 9.17) is 0 Å². The second-order valence-electron chi connectivity index (χ2n) is 4.14. The van der Waals surface area contributed by atoms with Crippen LogP contribution in [-0.4, -0.2) is 29.0 Å². The first-order chi connectivity index (χ1) is 8.27. The van der Waals surface area contributed by atoms with Crippen LogP contribution in [0, 0.1) is 10.1 Å². The molecule has 6 nitrogen and oxygen atoms in total. The van der Waals surface area contributed by atoms with E-state index < -0.39 is 4.92 Å². The zero-order chi connectivity index (χ0) is 12.1. The fourth-order valence-corrected chi connectivity index (χ4v) is 2.06. The van der Waals surface area contributed by atoms with Crippen molar-refractivity contribution in [3.05, 3.63) is 28.4 Å². The summed E-state index contributed by atoms with van der Waals surface area (Å²) in [7, 11) is 0. The summed E-state index contributed by atoms with van der Waals surface area (Å²) >= 11 is 0. The van der Waals surface area contributed by atoms with Crippen molar-refractivity contribution in [2.75, 3.05) is 18.4 Å². The van der Waals surface area contributed by atoms with Gasteiger partial charge in [0.15, 0.2) is 0 Å². The minimum absolute atomic E-state index is 0.105. The molecule has 1 saturated heterocycles. The van der Waals surface area contributed by atoms with E-state index >= 15 is 0 Å². The molecule has 1 aliphatic heterocycles. The Morgan fingerprint density at radius 1 is 1.65 bits per heavy atom. The summed E-state index contributed by atoms with van der Waals surface area (Å²) in [5.41, 5.74) is 0.496. The highest BCUT2D eigenvalue weighted by Gasteiger charge is 2.16. The number of rotatable bonds is 5. The van der Waals surface area contributed by atoms with Gasteiger partial charge in [-0.05, 0) is 47.8 Å². The molecule has 0 spiro atoms. The largest absolute Gasteiger partial charge is 0.386 e. The lowest BCUT2D eigenvalue weighted by Crippen LogP contribution is -2.24. The van der Waals surface area contributed by atoms with Crippen molar-refractivity contribution >= 4 is 11.5 Å². The molecule has 0 aliphatic carbocycles. The molecule has 0 radical (unpaired) electrons. The van der Waals surface area contributed by atoms with Gasteiger partial charge in [0.2, 0.25) is 0 Å². The number of anilines is 1. The molecule has 0 saturated carbocycles. The molecule has 17 heavy (non-hydrogen) atoms. The maximum absolute atomic E-state index is 10.7. The van der Waals surface area contributed by atoms with Gasteiger partial charge in [-0.25, -0.2) is 0 Å². The molecular formula is C11H16N4O2. The SMILES string of the molecule is O=[N+]([O-])c1ncccc1NCCC1CCCN1. The molecule has 0 bridgehead atoms. The van der Waals surface area contributed by atoms with E-state index in [2.05, 4.69) is 15.6 Å². The highest BCUT2D eigenvalue weighted by molar-refractivity contribution is 5.56. The molecule has 92 valence electrons. The second-order valence-corrected chi connectivity index (χ2v) is 4.14. The maximum Gasteiger partial charge on any atom is 0.386 e. The minimum atomic E-state index is -0.462. The third kappa shape index (κ3) is 3.13. The van der Waals surface area contributed by atoms with E-state index in [-0.39, 0.29) is 5.82 Å². The third-order valence-corrected chi connectivity index (χ3v) is 2.93. The Hall–Kier alpha value is -1.69. The molecule has 2 N–H and O–H groups in total. The number of nitrogens with zero attached hydrogens (tertiary/aromatic N) is 2. The molecule has 1 atom stereocenters. The predicted molar refractivity (Wildman–Crippen MR) is 65.0 cm³/mol. The van der Waals surface area contributed by atoms with Crippen LogP contribution in [0.15, 0.2) is 18.3 Å². The van der Waals surface area contributed by atoms with Crippen LogP contribution in [0.2, 0.25) is 0 Å². The zero-order valence-corrected chi connectivity index (χ0v) is 9.56. The lowest BCUT2D eigenvalue weighted by atomic mass is 10.1.